The van der Waals surface area contributed by atoms with E-state index in [4.69, 9.17) is 5.11 Å². The number of pyridine rings is 1. The average molecular weight is 243 g/mol. The minimum absolute atomic E-state index is 0.154. The van der Waals surface area contributed by atoms with Crippen molar-refractivity contribution >= 4 is 17.1 Å². The Hall–Kier alpha value is -2.70. The van der Waals surface area contributed by atoms with Crippen LogP contribution >= 0.6 is 0 Å². The lowest BCUT2D eigenvalue weighted by Gasteiger charge is -1.96. The molecule has 0 amide bonds. The lowest BCUT2D eigenvalue weighted by atomic mass is 10.2. The molecule has 0 aliphatic rings. The lowest BCUT2D eigenvalue weighted by molar-refractivity contribution is 0.0699. The first-order valence-electron chi connectivity index (χ1n) is 5.23. The van der Waals surface area contributed by atoms with Crippen molar-refractivity contribution in [1.29, 1.82) is 0 Å². The number of hydrogen-bond donors (Lipinski definition) is 2. The molecule has 0 bridgehead atoms. The fourth-order valence-corrected chi connectivity index (χ4v) is 1.82. The first-order valence-corrected chi connectivity index (χ1v) is 5.23. The van der Waals surface area contributed by atoms with E-state index in [1.807, 2.05) is 0 Å². The summed E-state index contributed by atoms with van der Waals surface area (Å²) in [5.41, 5.74) is 1.72. The molecular formula is C11H9N5O2. The maximum Gasteiger partial charge on any atom is 0.338 e. The molecule has 3 rings (SSSR count). The van der Waals surface area contributed by atoms with E-state index in [0.29, 0.717) is 17.0 Å². The predicted octanol–water partition coefficient (Wildman–Crippen LogP) is 1.06. The van der Waals surface area contributed by atoms with Gasteiger partial charge in [-0.3, -0.25) is 4.68 Å². The molecule has 0 atom stereocenters. The Morgan fingerprint density at radius 1 is 1.39 bits per heavy atom. The Labute approximate surface area is 101 Å². The summed E-state index contributed by atoms with van der Waals surface area (Å²) < 4.78 is 1.65. The molecule has 0 aliphatic heterocycles. The third-order valence-corrected chi connectivity index (χ3v) is 2.69. The summed E-state index contributed by atoms with van der Waals surface area (Å²) in [5, 5.41) is 13.1. The van der Waals surface area contributed by atoms with E-state index < -0.39 is 5.97 Å². The van der Waals surface area contributed by atoms with Crippen LogP contribution in [0.1, 0.15) is 10.4 Å². The van der Waals surface area contributed by atoms with Gasteiger partial charge >= 0.3 is 5.97 Å². The standard InChI is InChI=1S/C11H9N5O2/c1-16-7(3-5-13-16)9-14-8-6(11(17)18)2-4-12-10(8)15-9/h2-5H,1H3,(H,17,18)(H,12,14,15). The molecule has 7 nitrogen and oxygen atoms in total. The first kappa shape index (κ1) is 10.5. The van der Waals surface area contributed by atoms with Crippen LogP contribution in [0.4, 0.5) is 0 Å². The van der Waals surface area contributed by atoms with Gasteiger partial charge in [-0.2, -0.15) is 5.10 Å². The third kappa shape index (κ3) is 1.45. The number of aromatic carboxylic acids is 1. The van der Waals surface area contributed by atoms with Gasteiger partial charge in [0, 0.05) is 19.4 Å². The fourth-order valence-electron chi connectivity index (χ4n) is 1.82. The monoisotopic (exact) mass is 243 g/mol. The highest BCUT2D eigenvalue weighted by molar-refractivity contribution is 6.00. The molecule has 90 valence electrons. The number of aryl methyl sites for hydroxylation is 1. The van der Waals surface area contributed by atoms with Gasteiger partial charge in [-0.25, -0.2) is 14.8 Å². The van der Waals surface area contributed by atoms with Gasteiger partial charge in [0.05, 0.1) is 11.1 Å². The molecular weight excluding hydrogens is 234 g/mol. The SMILES string of the molecule is Cn1nccc1-c1nc2nccc(C(=O)O)c2[nH]1. The number of aromatic nitrogens is 5. The molecule has 3 aromatic rings. The number of carboxylic acids is 1. The Morgan fingerprint density at radius 2 is 2.22 bits per heavy atom. The predicted molar refractivity (Wildman–Crippen MR) is 63.1 cm³/mol. The number of H-pyrrole nitrogens is 1. The van der Waals surface area contributed by atoms with E-state index >= 15 is 0 Å². The highest BCUT2D eigenvalue weighted by atomic mass is 16.4. The molecule has 18 heavy (non-hydrogen) atoms. The maximum atomic E-state index is 11.1. The zero-order valence-corrected chi connectivity index (χ0v) is 9.45. The van der Waals surface area contributed by atoms with Gasteiger partial charge in [-0.05, 0) is 12.1 Å². The number of rotatable bonds is 2. The van der Waals surface area contributed by atoms with Crippen molar-refractivity contribution in [3.63, 3.8) is 0 Å². The minimum Gasteiger partial charge on any atom is -0.478 e. The topological polar surface area (TPSA) is 96.7 Å². The van der Waals surface area contributed by atoms with E-state index in [0.717, 1.165) is 5.69 Å². The number of nitrogens with zero attached hydrogens (tertiary/aromatic N) is 4. The smallest absolute Gasteiger partial charge is 0.338 e. The Morgan fingerprint density at radius 3 is 2.89 bits per heavy atom. The number of nitrogens with one attached hydrogen (secondary N) is 1. The molecule has 7 heteroatoms. The third-order valence-electron chi connectivity index (χ3n) is 2.69. The van der Waals surface area contributed by atoms with Crippen LogP contribution in [0.2, 0.25) is 0 Å². The molecule has 0 spiro atoms. The number of hydrogen-bond acceptors (Lipinski definition) is 4. The van der Waals surface area contributed by atoms with Crippen LogP contribution < -0.4 is 0 Å². The van der Waals surface area contributed by atoms with Gasteiger partial charge < -0.3 is 10.1 Å². The molecule has 2 N–H and O–H groups in total. The summed E-state index contributed by atoms with van der Waals surface area (Å²) in [4.78, 5) is 22.4. The van der Waals surface area contributed by atoms with Crippen molar-refractivity contribution in [2.45, 2.75) is 0 Å². The maximum absolute atomic E-state index is 11.1. The van der Waals surface area contributed by atoms with Crippen LogP contribution in [0, 0.1) is 0 Å². The van der Waals surface area contributed by atoms with Crippen molar-refractivity contribution in [3.8, 4) is 11.5 Å². The average Bonchev–Trinajstić information content (AvgIpc) is 2.92. The van der Waals surface area contributed by atoms with Crippen LogP contribution in [0.5, 0.6) is 0 Å². The zero-order valence-electron chi connectivity index (χ0n) is 9.45. The summed E-state index contributed by atoms with van der Waals surface area (Å²) in [6.07, 6.45) is 3.08. The highest BCUT2D eigenvalue weighted by Crippen LogP contribution is 2.20. The Kier molecular flexibility index (Phi) is 2.12. The van der Waals surface area contributed by atoms with Gasteiger partial charge in [-0.1, -0.05) is 0 Å². The number of carboxylic acid groups (broad SMARTS) is 1. The normalized spacial score (nSPS) is 10.9. The number of carbonyl (C=O) groups is 1. The lowest BCUT2D eigenvalue weighted by Crippen LogP contribution is -1.98. The number of imidazole rings is 1. The molecule has 0 aromatic carbocycles. The summed E-state index contributed by atoms with van der Waals surface area (Å²) in [7, 11) is 1.79. The van der Waals surface area contributed by atoms with Crippen LogP contribution in [-0.2, 0) is 7.05 Å². The quantitative estimate of drug-likeness (QED) is 0.701. The van der Waals surface area contributed by atoms with Gasteiger partial charge in [-0.15, -0.1) is 0 Å². The summed E-state index contributed by atoms with van der Waals surface area (Å²) in [6, 6.07) is 3.23. The largest absolute Gasteiger partial charge is 0.478 e. The van der Waals surface area contributed by atoms with Crippen LogP contribution in [0.25, 0.3) is 22.7 Å². The van der Waals surface area contributed by atoms with E-state index in [9.17, 15) is 4.79 Å². The molecule has 3 aromatic heterocycles. The highest BCUT2D eigenvalue weighted by Gasteiger charge is 2.15. The van der Waals surface area contributed by atoms with Crippen molar-refractivity contribution in [2.24, 2.45) is 7.05 Å². The van der Waals surface area contributed by atoms with Crippen LogP contribution in [0.3, 0.4) is 0 Å². The van der Waals surface area contributed by atoms with Crippen LogP contribution in [0.15, 0.2) is 24.5 Å². The molecule has 3 heterocycles. The minimum atomic E-state index is -1.01. The van der Waals surface area contributed by atoms with E-state index in [1.165, 1.54) is 12.3 Å². The number of fused-ring (bicyclic) bond motifs is 1. The first-order chi connectivity index (χ1) is 8.66. The van der Waals surface area contributed by atoms with Gasteiger partial charge in [0.25, 0.3) is 0 Å². The van der Waals surface area contributed by atoms with E-state index in [-0.39, 0.29) is 5.56 Å². The summed E-state index contributed by atoms with van der Waals surface area (Å²) in [5.74, 6) is -0.464. The van der Waals surface area contributed by atoms with E-state index in [1.54, 1.807) is 24.0 Å². The van der Waals surface area contributed by atoms with Gasteiger partial charge in [0.15, 0.2) is 11.5 Å². The number of aromatic amines is 1. The second kappa shape index (κ2) is 3.66. The zero-order chi connectivity index (χ0) is 12.7. The van der Waals surface area contributed by atoms with Crippen molar-refractivity contribution in [2.75, 3.05) is 0 Å². The van der Waals surface area contributed by atoms with Crippen LogP contribution in [-0.4, -0.2) is 35.8 Å². The second-order valence-electron chi connectivity index (χ2n) is 3.79. The molecule has 0 fully saturated rings. The van der Waals surface area contributed by atoms with Crippen molar-refractivity contribution in [3.05, 3.63) is 30.1 Å². The fraction of sp³-hybridized carbons (Fsp3) is 0.0909. The van der Waals surface area contributed by atoms with Crippen molar-refractivity contribution < 1.29 is 9.90 Å². The molecule has 0 unspecified atom stereocenters. The van der Waals surface area contributed by atoms with Gasteiger partial charge in [0.2, 0.25) is 0 Å². The Balaban J connectivity index is 2.26. The molecule has 0 aliphatic carbocycles. The molecule has 0 radical (unpaired) electrons. The van der Waals surface area contributed by atoms with Crippen molar-refractivity contribution in [1.82, 2.24) is 24.7 Å². The Bertz CT molecular complexity index is 743. The van der Waals surface area contributed by atoms with Gasteiger partial charge in [0.1, 0.15) is 5.69 Å². The molecule has 0 saturated carbocycles. The second-order valence-corrected chi connectivity index (χ2v) is 3.79. The molecule has 0 saturated heterocycles. The van der Waals surface area contributed by atoms with E-state index in [2.05, 4.69) is 20.1 Å². The summed E-state index contributed by atoms with van der Waals surface area (Å²) in [6.45, 7) is 0. The summed E-state index contributed by atoms with van der Waals surface area (Å²) >= 11 is 0.